The van der Waals surface area contributed by atoms with E-state index in [2.05, 4.69) is 20.9 Å². The number of nitrogens with one attached hydrogen (secondary N) is 3. The Morgan fingerprint density at radius 1 is 1.10 bits per heavy atom. The Morgan fingerprint density at radius 3 is 2.39 bits per heavy atom. The molecule has 2 amide bonds. The van der Waals surface area contributed by atoms with Gasteiger partial charge in [-0.25, -0.2) is 9.79 Å². The molecule has 0 fully saturated rings. The fourth-order valence-corrected chi connectivity index (χ4v) is 2.18. The minimum absolute atomic E-state index is 0. The summed E-state index contributed by atoms with van der Waals surface area (Å²) in [5, 5.41) is 9.02. The highest BCUT2D eigenvalue weighted by molar-refractivity contribution is 14.0. The second-order valence-corrected chi connectivity index (χ2v) is 7.77. The molecule has 0 saturated heterocycles. The zero-order valence-electron chi connectivity index (χ0n) is 19.3. The SMILES string of the molecule is CCNC(=NCc1cccc(OCC(=O)N(C)C)c1)NCCNC(=O)OC(C)(C)C.I. The lowest BCUT2D eigenvalue weighted by atomic mass is 10.2. The molecule has 1 aromatic carbocycles. The van der Waals surface area contributed by atoms with E-state index >= 15 is 0 Å². The second-order valence-electron chi connectivity index (χ2n) is 7.77. The van der Waals surface area contributed by atoms with Gasteiger partial charge in [0, 0.05) is 33.7 Å². The topological polar surface area (TPSA) is 104 Å². The van der Waals surface area contributed by atoms with Crippen molar-refractivity contribution in [1.29, 1.82) is 0 Å². The van der Waals surface area contributed by atoms with Crippen LogP contribution in [0.1, 0.15) is 33.3 Å². The molecule has 0 aromatic heterocycles. The summed E-state index contributed by atoms with van der Waals surface area (Å²) in [6.45, 7) is 9.49. The van der Waals surface area contributed by atoms with Gasteiger partial charge in [0.25, 0.3) is 5.91 Å². The van der Waals surface area contributed by atoms with Gasteiger partial charge in [-0.3, -0.25) is 4.79 Å². The number of carbonyl (C=O) groups is 2. The van der Waals surface area contributed by atoms with Crippen molar-refractivity contribution in [1.82, 2.24) is 20.9 Å². The van der Waals surface area contributed by atoms with E-state index in [1.54, 1.807) is 14.1 Å². The molecule has 0 bridgehead atoms. The molecular weight excluding hydrogens is 513 g/mol. The normalized spacial score (nSPS) is 11.1. The van der Waals surface area contributed by atoms with Gasteiger partial charge in [-0.05, 0) is 45.4 Å². The molecule has 176 valence electrons. The Morgan fingerprint density at radius 2 is 1.77 bits per heavy atom. The van der Waals surface area contributed by atoms with Crippen LogP contribution >= 0.6 is 24.0 Å². The van der Waals surface area contributed by atoms with Crippen LogP contribution < -0.4 is 20.7 Å². The molecule has 1 rings (SSSR count). The van der Waals surface area contributed by atoms with E-state index in [-0.39, 0.29) is 36.5 Å². The number of aliphatic imine (C=N–C) groups is 1. The lowest BCUT2D eigenvalue weighted by Gasteiger charge is -2.19. The number of carbonyl (C=O) groups excluding carboxylic acids is 2. The maximum atomic E-state index is 11.7. The molecule has 31 heavy (non-hydrogen) atoms. The van der Waals surface area contributed by atoms with Gasteiger partial charge in [-0.1, -0.05) is 12.1 Å². The van der Waals surface area contributed by atoms with E-state index < -0.39 is 11.7 Å². The number of likely N-dealkylation sites (N-methyl/N-ethyl adjacent to an activating group) is 1. The fourth-order valence-electron chi connectivity index (χ4n) is 2.18. The zero-order chi connectivity index (χ0) is 22.6. The summed E-state index contributed by atoms with van der Waals surface area (Å²) in [6, 6.07) is 7.48. The summed E-state index contributed by atoms with van der Waals surface area (Å²) in [5.41, 5.74) is 0.431. The lowest BCUT2D eigenvalue weighted by Crippen LogP contribution is -2.42. The van der Waals surface area contributed by atoms with Crippen molar-refractivity contribution in [3.05, 3.63) is 29.8 Å². The van der Waals surface area contributed by atoms with E-state index in [1.165, 1.54) is 4.90 Å². The fraction of sp³-hybridized carbons (Fsp3) is 0.571. The number of ether oxygens (including phenoxy) is 2. The smallest absolute Gasteiger partial charge is 0.407 e. The Kier molecular flexibility index (Phi) is 13.6. The maximum Gasteiger partial charge on any atom is 0.407 e. The van der Waals surface area contributed by atoms with Gasteiger partial charge in [-0.2, -0.15) is 0 Å². The highest BCUT2D eigenvalue weighted by Gasteiger charge is 2.15. The molecule has 9 nitrogen and oxygen atoms in total. The number of hydrogen-bond acceptors (Lipinski definition) is 5. The molecule has 1 aromatic rings. The molecule has 0 aliphatic heterocycles. The van der Waals surface area contributed by atoms with E-state index in [0.717, 1.165) is 5.56 Å². The van der Waals surface area contributed by atoms with Crippen LogP contribution in [0.4, 0.5) is 4.79 Å². The van der Waals surface area contributed by atoms with Gasteiger partial charge in [0.15, 0.2) is 12.6 Å². The molecule has 0 spiro atoms. The van der Waals surface area contributed by atoms with Crippen molar-refractivity contribution in [2.75, 3.05) is 40.3 Å². The largest absolute Gasteiger partial charge is 0.484 e. The van der Waals surface area contributed by atoms with Gasteiger partial charge in [0.1, 0.15) is 11.4 Å². The average molecular weight is 549 g/mol. The summed E-state index contributed by atoms with van der Waals surface area (Å²) < 4.78 is 10.7. The van der Waals surface area contributed by atoms with Crippen molar-refractivity contribution in [2.45, 2.75) is 39.8 Å². The van der Waals surface area contributed by atoms with Crippen LogP contribution in [-0.4, -0.2) is 68.8 Å². The van der Waals surface area contributed by atoms with Crippen molar-refractivity contribution in [2.24, 2.45) is 4.99 Å². The number of amides is 2. The molecule has 0 radical (unpaired) electrons. The highest BCUT2D eigenvalue weighted by Crippen LogP contribution is 2.14. The third kappa shape index (κ3) is 13.6. The van der Waals surface area contributed by atoms with Crippen LogP contribution in [0.25, 0.3) is 0 Å². The molecule has 10 heteroatoms. The molecule has 0 saturated carbocycles. The first-order valence-electron chi connectivity index (χ1n) is 10.0. The quantitative estimate of drug-likeness (QED) is 0.189. The van der Waals surface area contributed by atoms with Gasteiger partial charge in [-0.15, -0.1) is 24.0 Å². The maximum absolute atomic E-state index is 11.7. The Bertz CT molecular complexity index is 720. The van der Waals surface area contributed by atoms with Crippen LogP contribution in [-0.2, 0) is 16.1 Å². The van der Waals surface area contributed by atoms with Gasteiger partial charge in [0.2, 0.25) is 0 Å². The number of halogens is 1. The van der Waals surface area contributed by atoms with Gasteiger partial charge < -0.3 is 30.3 Å². The van der Waals surface area contributed by atoms with E-state index in [0.29, 0.717) is 37.9 Å². The zero-order valence-corrected chi connectivity index (χ0v) is 21.6. The Hall–Kier alpha value is -2.24. The van der Waals surface area contributed by atoms with Crippen LogP contribution in [0.15, 0.2) is 29.3 Å². The van der Waals surface area contributed by atoms with Crippen molar-refractivity contribution >= 4 is 41.9 Å². The van der Waals surface area contributed by atoms with E-state index in [4.69, 9.17) is 9.47 Å². The molecule has 0 atom stereocenters. The summed E-state index contributed by atoms with van der Waals surface area (Å²) in [6.07, 6.45) is -0.448. The predicted octanol–water partition coefficient (Wildman–Crippen LogP) is 2.35. The van der Waals surface area contributed by atoms with Crippen LogP contribution in [0.2, 0.25) is 0 Å². The first-order valence-corrected chi connectivity index (χ1v) is 10.0. The van der Waals surface area contributed by atoms with Crippen LogP contribution in [0.3, 0.4) is 0 Å². The number of guanidine groups is 1. The molecule has 0 unspecified atom stereocenters. The first kappa shape index (κ1) is 28.8. The Balaban J connectivity index is 0.00000900. The number of rotatable bonds is 9. The first-order chi connectivity index (χ1) is 14.1. The molecule has 0 aliphatic rings. The number of nitrogens with zero attached hydrogens (tertiary/aromatic N) is 2. The van der Waals surface area contributed by atoms with Crippen LogP contribution in [0, 0.1) is 0 Å². The van der Waals surface area contributed by atoms with Crippen molar-refractivity contribution < 1.29 is 19.1 Å². The summed E-state index contributed by atoms with van der Waals surface area (Å²) in [4.78, 5) is 29.3. The standard InChI is InChI=1S/C21H35N5O4.HI/c1-7-22-19(23-11-12-24-20(28)30-21(2,3)4)25-14-16-9-8-10-17(13-16)29-15-18(27)26(5)6;/h8-10,13H,7,11-12,14-15H2,1-6H3,(H,24,28)(H2,22,23,25);1H. The predicted molar refractivity (Wildman–Crippen MR) is 133 cm³/mol. The minimum atomic E-state index is -0.522. The van der Waals surface area contributed by atoms with Gasteiger partial charge >= 0.3 is 6.09 Å². The van der Waals surface area contributed by atoms with E-state index in [1.807, 2.05) is 52.0 Å². The number of benzene rings is 1. The summed E-state index contributed by atoms with van der Waals surface area (Å²) in [7, 11) is 3.38. The lowest BCUT2D eigenvalue weighted by molar-refractivity contribution is -0.130. The van der Waals surface area contributed by atoms with Gasteiger partial charge in [0.05, 0.1) is 6.54 Å². The number of hydrogen-bond donors (Lipinski definition) is 3. The van der Waals surface area contributed by atoms with E-state index in [9.17, 15) is 9.59 Å². The van der Waals surface area contributed by atoms with Crippen molar-refractivity contribution in [3.63, 3.8) is 0 Å². The number of alkyl carbamates (subject to hydrolysis) is 1. The van der Waals surface area contributed by atoms with Crippen molar-refractivity contribution in [3.8, 4) is 5.75 Å². The molecular formula is C21H36IN5O4. The monoisotopic (exact) mass is 549 g/mol. The summed E-state index contributed by atoms with van der Waals surface area (Å²) >= 11 is 0. The molecule has 0 heterocycles. The average Bonchev–Trinajstić information content (AvgIpc) is 2.66. The third-order valence-corrected chi connectivity index (χ3v) is 3.61. The minimum Gasteiger partial charge on any atom is -0.484 e. The van der Waals surface area contributed by atoms with Crippen LogP contribution in [0.5, 0.6) is 5.75 Å². The molecule has 0 aliphatic carbocycles. The Labute approximate surface area is 202 Å². The highest BCUT2D eigenvalue weighted by atomic mass is 127. The third-order valence-electron chi connectivity index (χ3n) is 3.61. The second kappa shape index (κ2) is 14.7. The molecule has 3 N–H and O–H groups in total. The summed E-state index contributed by atoms with van der Waals surface area (Å²) in [5.74, 6) is 1.16.